The Morgan fingerprint density at radius 1 is 1.16 bits per heavy atom. The van der Waals surface area contributed by atoms with Crippen molar-refractivity contribution in [3.05, 3.63) is 68.1 Å². The van der Waals surface area contributed by atoms with Gasteiger partial charge < -0.3 is 15.2 Å². The van der Waals surface area contributed by atoms with Gasteiger partial charge in [-0.3, -0.25) is 9.59 Å². The number of aromatic nitrogens is 3. The van der Waals surface area contributed by atoms with Gasteiger partial charge in [-0.05, 0) is 36.4 Å². The lowest BCUT2D eigenvalue weighted by atomic mass is 10.2. The van der Waals surface area contributed by atoms with Gasteiger partial charge in [0.05, 0.1) is 21.5 Å². The number of hydrogen-bond acceptors (Lipinski definition) is 5. The summed E-state index contributed by atoms with van der Waals surface area (Å²) in [6.45, 7) is 0.332. The molecule has 0 spiro atoms. The highest BCUT2D eigenvalue weighted by Crippen LogP contribution is 2.23. The van der Waals surface area contributed by atoms with Gasteiger partial charge in [-0.25, -0.2) is 4.39 Å². The number of amides is 2. The first-order valence-corrected chi connectivity index (χ1v) is 11.8. The van der Waals surface area contributed by atoms with Crippen molar-refractivity contribution in [3.8, 4) is 0 Å². The lowest BCUT2D eigenvalue weighted by Crippen LogP contribution is -2.26. The van der Waals surface area contributed by atoms with E-state index in [2.05, 4.69) is 36.8 Å². The molecule has 7 nitrogen and oxygen atoms in total. The predicted octanol–water partition coefficient (Wildman–Crippen LogP) is 4.73. The molecule has 2 N–H and O–H groups in total. The molecule has 1 aromatic heterocycles. The third-order valence-electron chi connectivity index (χ3n) is 4.28. The van der Waals surface area contributed by atoms with E-state index in [0.29, 0.717) is 44.0 Å². The molecule has 0 bridgehead atoms. The molecule has 2 amide bonds. The molecule has 0 atom stereocenters. The molecule has 0 aliphatic heterocycles. The van der Waals surface area contributed by atoms with Gasteiger partial charge in [-0.1, -0.05) is 50.9 Å². The molecule has 0 aliphatic rings. The number of rotatable bonds is 8. The van der Waals surface area contributed by atoms with Crippen LogP contribution in [-0.4, -0.2) is 38.9 Å². The lowest BCUT2D eigenvalue weighted by Gasteiger charge is -2.08. The Labute approximate surface area is 206 Å². The summed E-state index contributed by atoms with van der Waals surface area (Å²) in [5, 5.41) is 14.7. The molecular formula is C20H17BrCl2FN5O2S. The monoisotopic (exact) mass is 559 g/mol. The summed E-state index contributed by atoms with van der Waals surface area (Å²) >= 11 is 16.1. The van der Waals surface area contributed by atoms with Gasteiger partial charge in [0.2, 0.25) is 5.91 Å². The summed E-state index contributed by atoms with van der Waals surface area (Å²) in [7, 11) is 1.77. The van der Waals surface area contributed by atoms with E-state index in [1.54, 1.807) is 29.8 Å². The van der Waals surface area contributed by atoms with Crippen molar-refractivity contribution in [2.75, 3.05) is 17.6 Å². The fourth-order valence-corrected chi connectivity index (χ4v) is 3.98. The second kappa shape index (κ2) is 11.1. The van der Waals surface area contributed by atoms with Crippen molar-refractivity contribution in [3.63, 3.8) is 0 Å². The second-order valence-corrected chi connectivity index (χ2v) is 9.23. The Morgan fingerprint density at radius 2 is 1.94 bits per heavy atom. The maximum absolute atomic E-state index is 13.8. The number of thioether (sulfide) groups is 1. The molecule has 0 aliphatic carbocycles. The average molecular weight is 561 g/mol. The number of benzene rings is 2. The summed E-state index contributed by atoms with van der Waals surface area (Å²) in [5.41, 5.74) is 0.511. The fraction of sp³-hybridized carbons (Fsp3) is 0.200. The Morgan fingerprint density at radius 3 is 2.66 bits per heavy atom. The Hall–Kier alpha value is -2.14. The van der Waals surface area contributed by atoms with Crippen molar-refractivity contribution >= 4 is 68.4 Å². The van der Waals surface area contributed by atoms with Crippen molar-refractivity contribution in [1.82, 2.24) is 20.1 Å². The van der Waals surface area contributed by atoms with Crippen LogP contribution in [0.15, 0.2) is 46.0 Å². The molecule has 168 valence electrons. The number of halogens is 4. The molecule has 3 rings (SSSR count). The lowest BCUT2D eigenvalue weighted by molar-refractivity contribution is -0.113. The van der Waals surface area contributed by atoms with Gasteiger partial charge in [-0.2, -0.15) is 0 Å². The minimum atomic E-state index is -0.526. The molecule has 0 unspecified atom stereocenters. The van der Waals surface area contributed by atoms with E-state index < -0.39 is 5.82 Å². The van der Waals surface area contributed by atoms with E-state index in [1.807, 2.05) is 0 Å². The van der Waals surface area contributed by atoms with Crippen LogP contribution in [0.2, 0.25) is 10.0 Å². The van der Waals surface area contributed by atoms with Crippen LogP contribution >= 0.6 is 50.9 Å². The molecule has 0 saturated carbocycles. The van der Waals surface area contributed by atoms with E-state index in [1.165, 1.54) is 30.0 Å². The van der Waals surface area contributed by atoms with Crippen molar-refractivity contribution in [1.29, 1.82) is 0 Å². The summed E-state index contributed by atoms with van der Waals surface area (Å²) in [6, 6.07) is 9.05. The van der Waals surface area contributed by atoms with Crippen LogP contribution in [0.3, 0.4) is 0 Å². The third kappa shape index (κ3) is 6.44. The highest BCUT2D eigenvalue weighted by Gasteiger charge is 2.14. The quantitative estimate of drug-likeness (QED) is 0.389. The topological polar surface area (TPSA) is 88.9 Å². The molecule has 2 aromatic carbocycles. The summed E-state index contributed by atoms with van der Waals surface area (Å²) in [5.74, 6) is -0.495. The Balaban J connectivity index is 1.48. The minimum absolute atomic E-state index is 0.0372. The molecule has 12 heteroatoms. The largest absolute Gasteiger partial charge is 0.352 e. The number of nitrogens with zero attached hydrogens (tertiary/aromatic N) is 3. The van der Waals surface area contributed by atoms with Gasteiger partial charge in [0.25, 0.3) is 5.91 Å². The zero-order valence-electron chi connectivity index (χ0n) is 16.7. The first kappa shape index (κ1) is 24.5. The summed E-state index contributed by atoms with van der Waals surface area (Å²) in [6.07, 6.45) is 0.438. The van der Waals surface area contributed by atoms with Crippen molar-refractivity contribution in [2.45, 2.75) is 11.6 Å². The third-order valence-corrected chi connectivity index (χ3v) is 6.53. The average Bonchev–Trinajstić information content (AvgIpc) is 3.10. The molecular weight excluding hydrogens is 544 g/mol. The van der Waals surface area contributed by atoms with E-state index in [9.17, 15) is 14.0 Å². The summed E-state index contributed by atoms with van der Waals surface area (Å²) < 4.78 is 16.2. The van der Waals surface area contributed by atoms with Crippen LogP contribution < -0.4 is 10.6 Å². The molecule has 32 heavy (non-hydrogen) atoms. The van der Waals surface area contributed by atoms with Crippen LogP contribution in [0.5, 0.6) is 0 Å². The highest BCUT2D eigenvalue weighted by atomic mass is 79.9. The SMILES string of the molecule is Cn1c(CCNC(=O)c2ccc(Cl)c(Cl)c2)nnc1SCC(=O)Nc1ccc(Br)cc1F. The van der Waals surface area contributed by atoms with Crippen molar-refractivity contribution < 1.29 is 14.0 Å². The Bertz CT molecular complexity index is 1160. The second-order valence-electron chi connectivity index (χ2n) is 6.55. The standard InChI is InChI=1S/C20H17BrCl2FN5O2S/c1-29-17(6-7-25-19(31)11-2-4-13(22)14(23)8-11)27-28-20(29)32-10-18(30)26-16-5-3-12(21)9-15(16)24/h2-5,8-9H,6-7,10H2,1H3,(H,25,31)(H,26,30). The van der Waals surface area contributed by atoms with E-state index in [-0.39, 0.29) is 23.3 Å². The van der Waals surface area contributed by atoms with Gasteiger partial charge in [0.1, 0.15) is 11.6 Å². The molecule has 0 fully saturated rings. The zero-order valence-corrected chi connectivity index (χ0v) is 20.6. The van der Waals surface area contributed by atoms with Crippen molar-refractivity contribution in [2.24, 2.45) is 7.05 Å². The van der Waals surface area contributed by atoms with E-state index in [4.69, 9.17) is 23.2 Å². The predicted molar refractivity (Wildman–Crippen MR) is 127 cm³/mol. The normalized spacial score (nSPS) is 10.8. The van der Waals surface area contributed by atoms with Crippen LogP contribution in [0.4, 0.5) is 10.1 Å². The van der Waals surface area contributed by atoms with Crippen LogP contribution in [0, 0.1) is 5.82 Å². The molecule has 1 heterocycles. The number of carbonyl (C=O) groups excluding carboxylic acids is 2. The number of carbonyl (C=O) groups is 2. The van der Waals surface area contributed by atoms with E-state index in [0.717, 1.165) is 0 Å². The first-order valence-electron chi connectivity index (χ1n) is 9.24. The number of nitrogens with one attached hydrogen (secondary N) is 2. The Kier molecular flexibility index (Phi) is 8.52. The first-order chi connectivity index (χ1) is 15.2. The molecule has 3 aromatic rings. The molecule has 0 saturated heterocycles. The van der Waals surface area contributed by atoms with Crippen LogP contribution in [-0.2, 0) is 18.3 Å². The molecule has 0 radical (unpaired) electrons. The maximum Gasteiger partial charge on any atom is 0.251 e. The van der Waals surface area contributed by atoms with Gasteiger partial charge in [0.15, 0.2) is 5.16 Å². The van der Waals surface area contributed by atoms with Gasteiger partial charge >= 0.3 is 0 Å². The van der Waals surface area contributed by atoms with Crippen LogP contribution in [0.1, 0.15) is 16.2 Å². The minimum Gasteiger partial charge on any atom is -0.352 e. The highest BCUT2D eigenvalue weighted by molar-refractivity contribution is 9.10. The number of anilines is 1. The fourth-order valence-electron chi connectivity index (χ4n) is 2.62. The van der Waals surface area contributed by atoms with E-state index >= 15 is 0 Å². The van der Waals surface area contributed by atoms with Gasteiger partial charge in [-0.15, -0.1) is 10.2 Å². The van der Waals surface area contributed by atoms with Crippen LogP contribution in [0.25, 0.3) is 0 Å². The summed E-state index contributed by atoms with van der Waals surface area (Å²) in [4.78, 5) is 24.4. The number of hydrogen-bond donors (Lipinski definition) is 2. The zero-order chi connectivity index (χ0) is 23.3. The maximum atomic E-state index is 13.8. The van der Waals surface area contributed by atoms with Gasteiger partial charge in [0, 0.05) is 30.0 Å². The smallest absolute Gasteiger partial charge is 0.251 e.